The van der Waals surface area contributed by atoms with Crippen molar-refractivity contribution in [2.24, 2.45) is 0 Å². The summed E-state index contributed by atoms with van der Waals surface area (Å²) in [5.74, 6) is 0.0601. The molecule has 1 saturated heterocycles. The first-order chi connectivity index (χ1) is 12.7. The van der Waals surface area contributed by atoms with Crippen LogP contribution in [-0.2, 0) is 11.3 Å². The number of amides is 1. The van der Waals surface area contributed by atoms with Gasteiger partial charge >= 0.3 is 0 Å². The van der Waals surface area contributed by atoms with Gasteiger partial charge in [-0.3, -0.25) is 9.78 Å². The van der Waals surface area contributed by atoms with Crippen LogP contribution in [0.25, 0.3) is 11.3 Å². The average Bonchev–Trinajstić information content (AvgIpc) is 3.26. The molecule has 0 aliphatic carbocycles. The lowest BCUT2D eigenvalue weighted by Gasteiger charge is -2.23. The summed E-state index contributed by atoms with van der Waals surface area (Å²) >= 11 is 0. The molecule has 0 unspecified atom stereocenters. The van der Waals surface area contributed by atoms with Crippen molar-refractivity contribution in [1.29, 1.82) is 5.26 Å². The monoisotopic (exact) mass is 348 g/mol. The Hall–Kier alpha value is -2.75. The van der Waals surface area contributed by atoms with E-state index >= 15 is 0 Å². The van der Waals surface area contributed by atoms with Crippen molar-refractivity contribution >= 4 is 5.91 Å². The Kier molecular flexibility index (Phi) is 4.41. The Bertz CT molecular complexity index is 890. The second kappa shape index (κ2) is 6.87. The van der Waals surface area contributed by atoms with Gasteiger partial charge in [0.15, 0.2) is 0 Å². The molecule has 1 amide bonds. The van der Waals surface area contributed by atoms with Gasteiger partial charge in [0, 0.05) is 55.2 Å². The van der Waals surface area contributed by atoms with E-state index in [9.17, 15) is 4.79 Å². The van der Waals surface area contributed by atoms with Gasteiger partial charge in [-0.15, -0.1) is 0 Å². The first-order valence-corrected chi connectivity index (χ1v) is 8.72. The zero-order chi connectivity index (χ0) is 18.1. The van der Waals surface area contributed by atoms with E-state index in [1.54, 1.807) is 25.4 Å². The summed E-state index contributed by atoms with van der Waals surface area (Å²) in [6.07, 6.45) is 2.69. The van der Waals surface area contributed by atoms with E-state index < -0.39 is 0 Å². The van der Waals surface area contributed by atoms with Gasteiger partial charge in [-0.05, 0) is 24.6 Å². The number of carbonyl (C=O) groups excluding carboxylic acids is 1. The van der Waals surface area contributed by atoms with E-state index in [2.05, 4.69) is 16.4 Å². The normalized spacial score (nSPS) is 21.7. The molecule has 0 spiro atoms. The van der Waals surface area contributed by atoms with Gasteiger partial charge in [-0.2, -0.15) is 5.26 Å². The number of hydrogen-bond donors (Lipinski definition) is 1. The van der Waals surface area contributed by atoms with Gasteiger partial charge in [0.05, 0.1) is 23.9 Å². The lowest BCUT2D eigenvalue weighted by Crippen LogP contribution is -2.36. The Morgan fingerprint density at radius 3 is 3.12 bits per heavy atom. The lowest BCUT2D eigenvalue weighted by molar-refractivity contribution is 0.0711. The van der Waals surface area contributed by atoms with Gasteiger partial charge < -0.3 is 15.0 Å². The minimum Gasteiger partial charge on any atom is -0.383 e. The highest BCUT2D eigenvalue weighted by Crippen LogP contribution is 2.30. The summed E-state index contributed by atoms with van der Waals surface area (Å²) in [7, 11) is 1.69. The number of ether oxygens (including phenoxy) is 1. The number of fused-ring (bicyclic) bond motifs is 1. The highest BCUT2D eigenvalue weighted by molar-refractivity contribution is 5.99. The molecule has 2 aromatic rings. The zero-order valence-corrected chi connectivity index (χ0v) is 14.6. The van der Waals surface area contributed by atoms with Crippen molar-refractivity contribution in [3.63, 3.8) is 0 Å². The molecule has 6 heteroatoms. The molecule has 4 rings (SSSR count). The highest BCUT2D eigenvalue weighted by atomic mass is 16.5. The van der Waals surface area contributed by atoms with Crippen LogP contribution in [0.15, 0.2) is 36.5 Å². The van der Waals surface area contributed by atoms with Gasteiger partial charge in [-0.1, -0.05) is 12.1 Å². The van der Waals surface area contributed by atoms with Gasteiger partial charge in [0.1, 0.15) is 0 Å². The molecule has 1 N–H and O–H groups in total. The summed E-state index contributed by atoms with van der Waals surface area (Å²) in [6, 6.07) is 11.8. The number of aromatic nitrogens is 1. The third kappa shape index (κ3) is 2.96. The number of carbonyl (C=O) groups is 1. The fourth-order valence-electron chi connectivity index (χ4n) is 3.78. The Morgan fingerprint density at radius 1 is 1.42 bits per heavy atom. The summed E-state index contributed by atoms with van der Waals surface area (Å²) in [5.41, 5.74) is 3.83. The van der Waals surface area contributed by atoms with Crippen LogP contribution in [0.5, 0.6) is 0 Å². The number of benzene rings is 1. The second-order valence-corrected chi connectivity index (χ2v) is 6.80. The number of nitrogens with zero attached hydrogens (tertiary/aromatic N) is 3. The predicted molar refractivity (Wildman–Crippen MR) is 96.3 cm³/mol. The number of methoxy groups -OCH3 is 1. The van der Waals surface area contributed by atoms with Crippen molar-refractivity contribution in [1.82, 2.24) is 15.2 Å². The third-order valence-corrected chi connectivity index (χ3v) is 5.11. The Morgan fingerprint density at radius 2 is 2.31 bits per heavy atom. The zero-order valence-electron chi connectivity index (χ0n) is 14.6. The van der Waals surface area contributed by atoms with Crippen LogP contribution >= 0.6 is 0 Å². The van der Waals surface area contributed by atoms with E-state index in [4.69, 9.17) is 10.00 Å². The number of nitrogens with one attached hydrogen (secondary N) is 1. The molecule has 2 atom stereocenters. The third-order valence-electron chi connectivity index (χ3n) is 5.11. The fraction of sp³-hybridized carbons (Fsp3) is 0.350. The molecule has 1 aromatic carbocycles. The lowest BCUT2D eigenvalue weighted by atomic mass is 10.0. The maximum atomic E-state index is 12.9. The molecular formula is C20H20N4O2. The van der Waals surface area contributed by atoms with E-state index in [1.165, 1.54) is 0 Å². The number of rotatable bonds is 4. The first kappa shape index (κ1) is 16.7. The summed E-state index contributed by atoms with van der Waals surface area (Å²) in [6.45, 7) is 2.05. The molecule has 132 valence electrons. The SMILES string of the molecule is COC[C@@H]1C[C@@H](N2Cc3cnc(-c4cccc(C#N)c4)cc3C2=O)CN1. The molecule has 1 fully saturated rings. The molecule has 0 saturated carbocycles. The number of pyridine rings is 1. The molecule has 3 heterocycles. The highest BCUT2D eigenvalue weighted by Gasteiger charge is 2.37. The smallest absolute Gasteiger partial charge is 0.254 e. The number of nitriles is 1. The second-order valence-electron chi connectivity index (χ2n) is 6.80. The van der Waals surface area contributed by atoms with Crippen LogP contribution < -0.4 is 5.32 Å². The molecule has 0 bridgehead atoms. The fourth-order valence-corrected chi connectivity index (χ4v) is 3.78. The van der Waals surface area contributed by atoms with E-state index in [-0.39, 0.29) is 11.9 Å². The molecule has 2 aliphatic rings. The van der Waals surface area contributed by atoms with Gasteiger partial charge in [-0.25, -0.2) is 0 Å². The standard InChI is InChI=1S/C20H20N4O2/c1-26-12-16-6-17(10-22-16)24-11-15-9-23-19(7-18(15)20(24)25)14-4-2-3-13(5-14)8-21/h2-5,7,9,16-17,22H,6,10-12H2,1H3/t16-,17+/m0/s1. The van der Waals surface area contributed by atoms with Crippen molar-refractivity contribution < 1.29 is 9.53 Å². The van der Waals surface area contributed by atoms with Crippen LogP contribution in [0.1, 0.15) is 27.9 Å². The molecular weight excluding hydrogens is 328 g/mol. The largest absolute Gasteiger partial charge is 0.383 e. The quantitative estimate of drug-likeness (QED) is 0.914. The van der Waals surface area contributed by atoms with Crippen molar-refractivity contribution in [3.8, 4) is 17.3 Å². The van der Waals surface area contributed by atoms with Crippen LogP contribution in [0, 0.1) is 11.3 Å². The molecule has 26 heavy (non-hydrogen) atoms. The maximum Gasteiger partial charge on any atom is 0.254 e. The van der Waals surface area contributed by atoms with Crippen molar-refractivity contribution in [2.75, 3.05) is 20.3 Å². The maximum absolute atomic E-state index is 12.9. The summed E-state index contributed by atoms with van der Waals surface area (Å²) < 4.78 is 5.21. The summed E-state index contributed by atoms with van der Waals surface area (Å²) in [4.78, 5) is 19.4. The molecule has 0 radical (unpaired) electrons. The molecule has 2 aliphatic heterocycles. The summed E-state index contributed by atoms with van der Waals surface area (Å²) in [5, 5.41) is 12.5. The van der Waals surface area contributed by atoms with Crippen LogP contribution in [0.2, 0.25) is 0 Å². The molecule has 1 aromatic heterocycles. The topological polar surface area (TPSA) is 78.2 Å². The van der Waals surface area contributed by atoms with E-state index in [1.807, 2.05) is 23.1 Å². The number of hydrogen-bond acceptors (Lipinski definition) is 5. The van der Waals surface area contributed by atoms with Crippen LogP contribution in [0.4, 0.5) is 0 Å². The average molecular weight is 348 g/mol. The van der Waals surface area contributed by atoms with E-state index in [0.29, 0.717) is 30.3 Å². The minimum atomic E-state index is 0.0601. The first-order valence-electron chi connectivity index (χ1n) is 8.72. The van der Waals surface area contributed by atoms with Crippen LogP contribution in [0.3, 0.4) is 0 Å². The Labute approximate surface area is 152 Å². The predicted octanol–water partition coefficient (Wildman–Crippen LogP) is 1.95. The van der Waals surface area contributed by atoms with E-state index in [0.717, 1.165) is 29.8 Å². The van der Waals surface area contributed by atoms with Gasteiger partial charge in [0.2, 0.25) is 0 Å². The van der Waals surface area contributed by atoms with Gasteiger partial charge in [0.25, 0.3) is 5.91 Å². The van der Waals surface area contributed by atoms with Crippen molar-refractivity contribution in [2.45, 2.75) is 25.0 Å². The van der Waals surface area contributed by atoms with Crippen LogP contribution in [-0.4, -0.2) is 48.1 Å². The minimum absolute atomic E-state index is 0.0601. The van der Waals surface area contributed by atoms with Crippen molar-refractivity contribution in [3.05, 3.63) is 53.2 Å². The molecule has 6 nitrogen and oxygen atoms in total. The Balaban J connectivity index is 1.57.